The number of carbonyl (C=O) groups excluding carboxylic acids is 1. The summed E-state index contributed by atoms with van der Waals surface area (Å²) in [6.45, 7) is 0.966. The summed E-state index contributed by atoms with van der Waals surface area (Å²) in [4.78, 5) is 15.0. The average molecular weight is 374 g/mol. The molecule has 1 amide bonds. The quantitative estimate of drug-likeness (QED) is 0.706. The molecule has 142 valence electrons. The first kappa shape index (κ1) is 17.9. The van der Waals surface area contributed by atoms with Crippen LogP contribution in [0.4, 0.5) is 17.1 Å². The third kappa shape index (κ3) is 3.39. The van der Waals surface area contributed by atoms with Crippen molar-refractivity contribution in [3.8, 4) is 11.5 Å². The third-order valence-corrected chi connectivity index (χ3v) is 4.98. The lowest BCUT2D eigenvalue weighted by Crippen LogP contribution is -2.15. The van der Waals surface area contributed by atoms with Crippen LogP contribution in [0.25, 0.3) is 0 Å². The maximum atomic E-state index is 12.7. The second kappa shape index (κ2) is 7.64. The van der Waals surface area contributed by atoms with Gasteiger partial charge >= 0.3 is 0 Å². The normalized spacial score (nSPS) is 12.4. The maximum Gasteiger partial charge on any atom is 0.259 e. The molecule has 3 aromatic carbocycles. The number of ether oxygens (including phenoxy) is 2. The Balaban J connectivity index is 1.50. The lowest BCUT2D eigenvalue weighted by molar-refractivity contribution is 0.102. The molecule has 0 saturated carbocycles. The highest BCUT2D eigenvalue weighted by Crippen LogP contribution is 2.34. The number of methoxy groups -OCH3 is 2. The fourth-order valence-corrected chi connectivity index (χ4v) is 3.52. The molecular formula is C23H22N2O3. The van der Waals surface area contributed by atoms with Crippen molar-refractivity contribution >= 4 is 23.0 Å². The van der Waals surface area contributed by atoms with Gasteiger partial charge in [-0.15, -0.1) is 0 Å². The van der Waals surface area contributed by atoms with Crippen LogP contribution in [0, 0.1) is 0 Å². The number of nitrogens with one attached hydrogen (secondary N) is 1. The van der Waals surface area contributed by atoms with Gasteiger partial charge in [-0.3, -0.25) is 4.79 Å². The van der Waals surface area contributed by atoms with Gasteiger partial charge in [0, 0.05) is 29.7 Å². The molecule has 1 heterocycles. The summed E-state index contributed by atoms with van der Waals surface area (Å²) in [6.07, 6.45) is 1.05. The summed E-state index contributed by atoms with van der Waals surface area (Å²) in [5.41, 5.74) is 4.93. The van der Waals surface area contributed by atoms with E-state index in [2.05, 4.69) is 34.5 Å². The van der Waals surface area contributed by atoms with Gasteiger partial charge in [0.05, 0.1) is 19.8 Å². The van der Waals surface area contributed by atoms with E-state index in [1.165, 1.54) is 18.4 Å². The molecule has 0 spiro atoms. The topological polar surface area (TPSA) is 50.8 Å². The van der Waals surface area contributed by atoms with Crippen molar-refractivity contribution < 1.29 is 14.3 Å². The van der Waals surface area contributed by atoms with Gasteiger partial charge in [-0.2, -0.15) is 0 Å². The molecule has 0 saturated heterocycles. The minimum Gasteiger partial charge on any atom is -0.497 e. The Hall–Kier alpha value is -3.47. The van der Waals surface area contributed by atoms with Crippen LogP contribution < -0.4 is 19.7 Å². The highest BCUT2D eigenvalue weighted by molar-refractivity contribution is 6.06. The Morgan fingerprint density at radius 3 is 2.50 bits per heavy atom. The van der Waals surface area contributed by atoms with Gasteiger partial charge in [-0.05, 0) is 54.4 Å². The van der Waals surface area contributed by atoms with Crippen molar-refractivity contribution in [2.24, 2.45) is 0 Å². The Bertz CT molecular complexity index is 999. The minimum atomic E-state index is -0.223. The predicted octanol–water partition coefficient (Wildman–Crippen LogP) is 4.65. The van der Waals surface area contributed by atoms with Gasteiger partial charge in [0.25, 0.3) is 5.91 Å². The first-order valence-corrected chi connectivity index (χ1v) is 9.18. The minimum absolute atomic E-state index is 0.223. The van der Waals surface area contributed by atoms with E-state index in [1.54, 1.807) is 25.3 Å². The lowest BCUT2D eigenvalue weighted by atomic mass is 10.1. The number of hydrogen-bond acceptors (Lipinski definition) is 4. The van der Waals surface area contributed by atoms with Gasteiger partial charge in [0.15, 0.2) is 0 Å². The molecule has 0 bridgehead atoms. The van der Waals surface area contributed by atoms with Crippen molar-refractivity contribution in [3.05, 3.63) is 77.9 Å². The molecule has 1 N–H and O–H groups in total. The number of hydrogen-bond donors (Lipinski definition) is 1. The Morgan fingerprint density at radius 2 is 1.75 bits per heavy atom. The number of amides is 1. The number of benzene rings is 3. The molecule has 0 atom stereocenters. The largest absolute Gasteiger partial charge is 0.497 e. The number of rotatable bonds is 5. The maximum absolute atomic E-state index is 12.7. The van der Waals surface area contributed by atoms with Crippen LogP contribution in [0.5, 0.6) is 11.5 Å². The summed E-state index contributed by atoms with van der Waals surface area (Å²) in [5.74, 6) is 0.893. The van der Waals surface area contributed by atoms with E-state index in [4.69, 9.17) is 9.47 Å². The molecule has 1 aliphatic heterocycles. The smallest absolute Gasteiger partial charge is 0.259 e. The van der Waals surface area contributed by atoms with Crippen molar-refractivity contribution in [1.29, 1.82) is 0 Å². The van der Waals surface area contributed by atoms with Gasteiger partial charge in [-0.25, -0.2) is 0 Å². The molecular weight excluding hydrogens is 352 g/mol. The molecule has 0 aromatic heterocycles. The van der Waals surface area contributed by atoms with E-state index in [1.807, 2.05) is 24.3 Å². The van der Waals surface area contributed by atoms with E-state index in [0.29, 0.717) is 17.1 Å². The standard InChI is InChI=1S/C23H22N2O3/c1-27-19-11-12-20(22(15-19)28-2)23(26)24-17-7-9-18(10-8-17)25-14-13-16-5-3-4-6-21(16)25/h3-12,15H,13-14H2,1-2H3,(H,24,26). The molecule has 5 nitrogen and oxygen atoms in total. The Labute approximate surface area is 164 Å². The fraction of sp³-hybridized carbons (Fsp3) is 0.174. The first-order chi connectivity index (χ1) is 13.7. The van der Waals surface area contributed by atoms with Gasteiger partial charge in [0.1, 0.15) is 11.5 Å². The van der Waals surface area contributed by atoms with Crippen LogP contribution >= 0.6 is 0 Å². The van der Waals surface area contributed by atoms with Crippen molar-refractivity contribution in [1.82, 2.24) is 0 Å². The van der Waals surface area contributed by atoms with Crippen LogP contribution in [0.2, 0.25) is 0 Å². The molecule has 3 aromatic rings. The van der Waals surface area contributed by atoms with Crippen molar-refractivity contribution in [3.63, 3.8) is 0 Å². The lowest BCUT2D eigenvalue weighted by Gasteiger charge is -2.20. The molecule has 0 aliphatic carbocycles. The zero-order chi connectivity index (χ0) is 19.5. The summed E-state index contributed by atoms with van der Waals surface area (Å²) < 4.78 is 10.5. The number of anilines is 3. The summed E-state index contributed by atoms with van der Waals surface area (Å²) >= 11 is 0. The van der Waals surface area contributed by atoms with E-state index in [9.17, 15) is 4.79 Å². The van der Waals surface area contributed by atoms with Gasteiger partial charge < -0.3 is 19.7 Å². The van der Waals surface area contributed by atoms with Gasteiger partial charge in [0.2, 0.25) is 0 Å². The van der Waals surface area contributed by atoms with E-state index in [0.717, 1.165) is 24.3 Å². The van der Waals surface area contributed by atoms with Crippen molar-refractivity contribution in [2.75, 3.05) is 31.0 Å². The Morgan fingerprint density at radius 1 is 0.964 bits per heavy atom. The fourth-order valence-electron chi connectivity index (χ4n) is 3.52. The molecule has 1 aliphatic rings. The summed E-state index contributed by atoms with van der Waals surface area (Å²) in [6, 6.07) is 21.5. The zero-order valence-corrected chi connectivity index (χ0v) is 15.9. The molecule has 4 rings (SSSR count). The zero-order valence-electron chi connectivity index (χ0n) is 15.9. The molecule has 28 heavy (non-hydrogen) atoms. The molecule has 5 heteroatoms. The van der Waals surface area contributed by atoms with E-state index in [-0.39, 0.29) is 5.91 Å². The Kier molecular flexibility index (Phi) is 4.89. The van der Waals surface area contributed by atoms with Crippen LogP contribution in [-0.2, 0) is 6.42 Å². The van der Waals surface area contributed by atoms with E-state index < -0.39 is 0 Å². The van der Waals surface area contributed by atoms with Crippen LogP contribution in [0.15, 0.2) is 66.7 Å². The van der Waals surface area contributed by atoms with Crippen LogP contribution in [-0.4, -0.2) is 26.7 Å². The summed E-state index contributed by atoms with van der Waals surface area (Å²) in [5, 5.41) is 2.93. The number of para-hydroxylation sites is 1. The number of fused-ring (bicyclic) bond motifs is 1. The molecule has 0 fully saturated rings. The van der Waals surface area contributed by atoms with E-state index >= 15 is 0 Å². The number of nitrogens with zero attached hydrogens (tertiary/aromatic N) is 1. The predicted molar refractivity (Wildman–Crippen MR) is 111 cm³/mol. The second-order valence-corrected chi connectivity index (χ2v) is 6.60. The monoisotopic (exact) mass is 374 g/mol. The average Bonchev–Trinajstić information content (AvgIpc) is 3.18. The highest BCUT2D eigenvalue weighted by Gasteiger charge is 2.20. The SMILES string of the molecule is COc1ccc(C(=O)Nc2ccc(N3CCc4ccccc43)cc2)c(OC)c1. The van der Waals surface area contributed by atoms with Crippen LogP contribution in [0.1, 0.15) is 15.9 Å². The third-order valence-electron chi connectivity index (χ3n) is 4.98. The van der Waals surface area contributed by atoms with Crippen LogP contribution in [0.3, 0.4) is 0 Å². The number of carbonyl (C=O) groups is 1. The molecule has 0 radical (unpaired) electrons. The van der Waals surface area contributed by atoms with Gasteiger partial charge in [-0.1, -0.05) is 18.2 Å². The van der Waals surface area contributed by atoms with Crippen molar-refractivity contribution in [2.45, 2.75) is 6.42 Å². The first-order valence-electron chi connectivity index (χ1n) is 9.18. The highest BCUT2D eigenvalue weighted by atomic mass is 16.5. The molecule has 0 unspecified atom stereocenters. The summed E-state index contributed by atoms with van der Waals surface area (Å²) in [7, 11) is 3.11. The second-order valence-electron chi connectivity index (χ2n) is 6.60.